The van der Waals surface area contributed by atoms with Crippen molar-refractivity contribution in [2.45, 2.75) is 80.6 Å². The molecule has 1 amide bonds. The van der Waals surface area contributed by atoms with Gasteiger partial charge in [0.2, 0.25) is 0 Å². The molecule has 192 valence electrons. The highest BCUT2D eigenvalue weighted by atomic mass is 32.1. The van der Waals surface area contributed by atoms with Crippen LogP contribution in [0.3, 0.4) is 0 Å². The van der Waals surface area contributed by atoms with Crippen LogP contribution in [0.4, 0.5) is 5.69 Å². The summed E-state index contributed by atoms with van der Waals surface area (Å²) < 4.78 is 5.91. The molecule has 0 radical (unpaired) electrons. The average molecular weight is 500 g/mol. The van der Waals surface area contributed by atoms with E-state index in [4.69, 9.17) is 22.4 Å². The molecule has 0 spiro atoms. The van der Waals surface area contributed by atoms with E-state index >= 15 is 0 Å². The number of allylic oxidation sites excluding steroid dienone is 2. The van der Waals surface area contributed by atoms with Gasteiger partial charge in [-0.15, -0.1) is 0 Å². The van der Waals surface area contributed by atoms with Gasteiger partial charge in [0, 0.05) is 29.0 Å². The number of Topliss-reactive ketones (excluding diaryl/α,β-unsaturated/α-hetero) is 1. The zero-order valence-corrected chi connectivity index (χ0v) is 23.2. The Labute approximate surface area is 216 Å². The lowest BCUT2D eigenvalue weighted by atomic mass is 10.0. The molecule has 6 nitrogen and oxygen atoms in total. The minimum absolute atomic E-state index is 0.114. The fraction of sp³-hybridized carbons (Fsp3) is 0.500. The molecular weight excluding hydrogens is 458 g/mol. The molecule has 0 aliphatic heterocycles. The van der Waals surface area contributed by atoms with Crippen molar-refractivity contribution in [3.05, 3.63) is 40.5 Å². The van der Waals surface area contributed by atoms with Crippen LogP contribution in [0, 0.1) is 5.41 Å². The van der Waals surface area contributed by atoms with Gasteiger partial charge in [-0.05, 0) is 76.3 Å². The largest absolute Gasteiger partial charge is 0.493 e. The van der Waals surface area contributed by atoms with Crippen molar-refractivity contribution < 1.29 is 14.3 Å². The third-order valence-corrected chi connectivity index (χ3v) is 6.17. The SMILES string of the molecule is CCCC(=N)/C(C)=C(\C)C(=O)N/C(=C(/C)CC)c1cc(N(C=S)CC(=O)CCC)ccc1OCC. The van der Waals surface area contributed by atoms with Crippen molar-refractivity contribution in [2.24, 2.45) is 0 Å². The predicted octanol–water partition coefficient (Wildman–Crippen LogP) is 6.63. The molecular formula is C28H41N3O3S. The van der Waals surface area contributed by atoms with Crippen molar-refractivity contribution in [1.82, 2.24) is 5.32 Å². The summed E-state index contributed by atoms with van der Waals surface area (Å²) in [4.78, 5) is 27.3. The number of rotatable bonds is 15. The summed E-state index contributed by atoms with van der Waals surface area (Å²) in [6.45, 7) is 14.2. The monoisotopic (exact) mass is 499 g/mol. The molecule has 0 aromatic heterocycles. The number of ketones is 1. The Kier molecular flexibility index (Phi) is 13.2. The molecule has 0 fully saturated rings. The Balaban J connectivity index is 3.54. The predicted molar refractivity (Wildman–Crippen MR) is 151 cm³/mol. The maximum atomic E-state index is 13.2. The van der Waals surface area contributed by atoms with Crippen LogP contribution in [-0.4, -0.2) is 36.0 Å². The van der Waals surface area contributed by atoms with Crippen molar-refractivity contribution in [1.29, 1.82) is 5.41 Å². The lowest BCUT2D eigenvalue weighted by Crippen LogP contribution is -2.28. The Morgan fingerprint density at radius 2 is 1.71 bits per heavy atom. The van der Waals surface area contributed by atoms with E-state index in [1.807, 2.05) is 59.7 Å². The van der Waals surface area contributed by atoms with E-state index in [1.165, 1.54) is 5.49 Å². The van der Waals surface area contributed by atoms with Crippen molar-refractivity contribution >= 4 is 46.5 Å². The topological polar surface area (TPSA) is 82.5 Å². The summed E-state index contributed by atoms with van der Waals surface area (Å²) in [6.07, 6.45) is 3.50. The minimum Gasteiger partial charge on any atom is -0.493 e. The first-order valence-electron chi connectivity index (χ1n) is 12.4. The number of carbonyl (C=O) groups excluding carboxylic acids is 2. The standard InChI is InChI=1S/C28H41N3O3S/c1-8-12-23(32)17-31(18-35)22-14-15-26(34-11-4)24(16-22)27(19(5)10-3)30-28(33)21(7)20(6)25(29)13-9-2/h14-16,18,29H,8-13,17H2,1-7H3,(H,30,33)/b21-20+,27-19-,29-25?. The van der Waals surface area contributed by atoms with Gasteiger partial charge in [0.1, 0.15) is 5.75 Å². The third kappa shape index (κ3) is 8.73. The lowest BCUT2D eigenvalue weighted by Gasteiger charge is -2.23. The third-order valence-electron chi connectivity index (χ3n) is 5.92. The summed E-state index contributed by atoms with van der Waals surface area (Å²) in [7, 11) is 0. The molecule has 0 aliphatic rings. The number of amides is 1. The van der Waals surface area contributed by atoms with Gasteiger partial charge in [0.05, 0.1) is 24.3 Å². The van der Waals surface area contributed by atoms with Crippen molar-refractivity contribution in [3.63, 3.8) is 0 Å². The molecule has 0 saturated carbocycles. The van der Waals surface area contributed by atoms with Gasteiger partial charge < -0.3 is 20.4 Å². The first kappa shape index (κ1) is 30.2. The molecule has 2 N–H and O–H groups in total. The summed E-state index contributed by atoms with van der Waals surface area (Å²) in [5, 5.41) is 11.3. The van der Waals surface area contributed by atoms with Crippen molar-refractivity contribution in [3.8, 4) is 5.75 Å². The Morgan fingerprint density at radius 3 is 2.26 bits per heavy atom. The highest BCUT2D eigenvalue weighted by Gasteiger charge is 2.20. The molecule has 1 rings (SSSR count). The van der Waals surface area contributed by atoms with E-state index in [0.717, 1.165) is 36.1 Å². The average Bonchev–Trinajstić information content (AvgIpc) is 2.85. The van der Waals surface area contributed by atoms with E-state index in [1.54, 1.807) is 11.8 Å². The number of nitrogens with one attached hydrogen (secondary N) is 2. The van der Waals surface area contributed by atoms with Gasteiger partial charge in [-0.25, -0.2) is 0 Å². The summed E-state index contributed by atoms with van der Waals surface area (Å²) in [5.41, 5.74) is 6.31. The Hall–Kier alpha value is -2.80. The van der Waals surface area contributed by atoms with Crippen LogP contribution < -0.4 is 15.0 Å². The normalized spacial score (nSPS) is 12.3. The smallest absolute Gasteiger partial charge is 0.251 e. The second-order valence-electron chi connectivity index (χ2n) is 8.58. The fourth-order valence-electron chi connectivity index (χ4n) is 3.53. The van der Waals surface area contributed by atoms with Gasteiger partial charge in [-0.1, -0.05) is 39.4 Å². The molecule has 0 atom stereocenters. The highest BCUT2D eigenvalue weighted by Crippen LogP contribution is 2.32. The number of nitrogens with zero attached hydrogens (tertiary/aromatic N) is 1. The maximum absolute atomic E-state index is 13.2. The Bertz CT molecular complexity index is 995. The van der Waals surface area contributed by atoms with Gasteiger partial charge in [-0.2, -0.15) is 0 Å². The van der Waals surface area contributed by atoms with Gasteiger partial charge >= 0.3 is 0 Å². The first-order valence-corrected chi connectivity index (χ1v) is 12.9. The van der Waals surface area contributed by atoms with Crippen LogP contribution in [0.1, 0.15) is 86.1 Å². The number of hydrogen-bond acceptors (Lipinski definition) is 5. The van der Waals surface area contributed by atoms with Gasteiger partial charge in [0.15, 0.2) is 5.78 Å². The van der Waals surface area contributed by atoms with Crippen LogP contribution in [0.15, 0.2) is 34.9 Å². The number of carbonyl (C=O) groups is 2. The van der Waals surface area contributed by atoms with E-state index in [0.29, 0.717) is 47.8 Å². The van der Waals surface area contributed by atoms with E-state index < -0.39 is 0 Å². The molecule has 1 aromatic rings. The second-order valence-corrected chi connectivity index (χ2v) is 8.79. The number of thiocarbonyl (C=S) groups is 1. The first-order chi connectivity index (χ1) is 16.6. The quantitative estimate of drug-likeness (QED) is 0.161. The van der Waals surface area contributed by atoms with Crippen LogP contribution in [0.25, 0.3) is 5.70 Å². The molecule has 1 aromatic carbocycles. The fourth-order valence-corrected chi connectivity index (χ4v) is 3.73. The van der Waals surface area contributed by atoms with Crippen LogP contribution in [0.5, 0.6) is 5.75 Å². The summed E-state index contributed by atoms with van der Waals surface area (Å²) in [5.74, 6) is 0.507. The molecule has 0 saturated heterocycles. The number of anilines is 1. The van der Waals surface area contributed by atoms with E-state index in [2.05, 4.69) is 5.32 Å². The second kappa shape index (κ2) is 15.2. The van der Waals surface area contributed by atoms with E-state index in [9.17, 15) is 9.59 Å². The number of benzene rings is 1. The molecule has 0 heterocycles. The van der Waals surface area contributed by atoms with E-state index in [-0.39, 0.29) is 18.2 Å². The van der Waals surface area contributed by atoms with Gasteiger partial charge in [0.25, 0.3) is 5.91 Å². The van der Waals surface area contributed by atoms with Crippen LogP contribution in [-0.2, 0) is 9.59 Å². The molecule has 0 unspecified atom stereocenters. The number of ether oxygens (including phenoxy) is 1. The van der Waals surface area contributed by atoms with Crippen LogP contribution in [0.2, 0.25) is 0 Å². The zero-order valence-electron chi connectivity index (χ0n) is 22.3. The molecule has 0 aliphatic carbocycles. The molecule has 7 heteroatoms. The lowest BCUT2D eigenvalue weighted by molar-refractivity contribution is -0.118. The number of hydrogen-bond donors (Lipinski definition) is 2. The zero-order chi connectivity index (χ0) is 26.5. The maximum Gasteiger partial charge on any atom is 0.251 e. The minimum atomic E-state index is -0.246. The Morgan fingerprint density at radius 1 is 1.06 bits per heavy atom. The van der Waals surface area contributed by atoms with Crippen LogP contribution >= 0.6 is 12.2 Å². The molecule has 35 heavy (non-hydrogen) atoms. The van der Waals surface area contributed by atoms with Gasteiger partial charge in [-0.3, -0.25) is 9.59 Å². The molecule has 0 bridgehead atoms. The van der Waals surface area contributed by atoms with Crippen molar-refractivity contribution in [2.75, 3.05) is 18.1 Å². The summed E-state index contributed by atoms with van der Waals surface area (Å²) in [6, 6.07) is 5.63. The highest BCUT2D eigenvalue weighted by molar-refractivity contribution is 7.79. The summed E-state index contributed by atoms with van der Waals surface area (Å²) >= 11 is 5.21.